The minimum atomic E-state index is -0.162. The summed E-state index contributed by atoms with van der Waals surface area (Å²) in [7, 11) is 0. The van der Waals surface area contributed by atoms with E-state index in [1.807, 2.05) is 0 Å². The van der Waals surface area contributed by atoms with E-state index >= 15 is 0 Å². The summed E-state index contributed by atoms with van der Waals surface area (Å²) in [6.45, 7) is 6.25. The molecule has 1 aromatic rings. The van der Waals surface area contributed by atoms with Crippen LogP contribution in [0.15, 0.2) is 24.3 Å². The van der Waals surface area contributed by atoms with Crippen molar-refractivity contribution in [1.82, 2.24) is 0 Å². The third-order valence-electron chi connectivity index (χ3n) is 7.43. The molecular formula is C28H46O2. The molecule has 3 rings (SSSR count). The predicted octanol–water partition coefficient (Wildman–Crippen LogP) is 8.56. The van der Waals surface area contributed by atoms with Gasteiger partial charge in [0, 0.05) is 11.5 Å². The van der Waals surface area contributed by atoms with E-state index < -0.39 is 0 Å². The number of hydrogen-bond donors (Lipinski definition) is 0. The highest BCUT2D eigenvalue weighted by atomic mass is 16.7. The second kappa shape index (κ2) is 13.5. The van der Waals surface area contributed by atoms with E-state index in [1.54, 1.807) is 0 Å². The zero-order valence-corrected chi connectivity index (χ0v) is 19.7. The number of ether oxygens (including phenoxy) is 2. The van der Waals surface area contributed by atoms with Crippen molar-refractivity contribution in [2.24, 2.45) is 11.8 Å². The molecule has 30 heavy (non-hydrogen) atoms. The molecule has 1 heterocycles. The van der Waals surface area contributed by atoms with E-state index in [2.05, 4.69) is 38.1 Å². The fourth-order valence-corrected chi connectivity index (χ4v) is 5.33. The van der Waals surface area contributed by atoms with Gasteiger partial charge in [0.05, 0.1) is 13.2 Å². The molecule has 0 aromatic heterocycles. The van der Waals surface area contributed by atoms with Crippen molar-refractivity contribution >= 4 is 0 Å². The summed E-state index contributed by atoms with van der Waals surface area (Å²) in [6, 6.07) is 9.17. The van der Waals surface area contributed by atoms with Crippen LogP contribution < -0.4 is 0 Å². The van der Waals surface area contributed by atoms with Gasteiger partial charge in [0.15, 0.2) is 6.29 Å². The first-order valence-electron chi connectivity index (χ1n) is 13.1. The van der Waals surface area contributed by atoms with E-state index in [9.17, 15) is 0 Å². The van der Waals surface area contributed by atoms with Crippen molar-refractivity contribution in [3.05, 3.63) is 35.4 Å². The number of unbranched alkanes of at least 4 members (excludes halogenated alkanes) is 6. The molecule has 1 saturated heterocycles. The van der Waals surface area contributed by atoms with E-state index in [0.717, 1.165) is 25.0 Å². The molecule has 0 atom stereocenters. The molecule has 2 aliphatic rings. The molecule has 0 bridgehead atoms. The molecule has 1 aliphatic heterocycles. The fraction of sp³-hybridized carbons (Fsp3) is 0.786. The minimum Gasteiger partial charge on any atom is -0.348 e. The van der Waals surface area contributed by atoms with Gasteiger partial charge in [-0.2, -0.15) is 0 Å². The molecule has 2 nitrogen and oxygen atoms in total. The number of benzene rings is 1. The maximum atomic E-state index is 6.05. The van der Waals surface area contributed by atoms with Crippen LogP contribution >= 0.6 is 0 Å². The van der Waals surface area contributed by atoms with Crippen LogP contribution in [-0.4, -0.2) is 13.2 Å². The molecule has 2 heteroatoms. The molecule has 0 N–H and O–H groups in total. The lowest BCUT2D eigenvalue weighted by Crippen LogP contribution is -2.27. The highest BCUT2D eigenvalue weighted by Crippen LogP contribution is 2.38. The lowest BCUT2D eigenvalue weighted by atomic mass is 9.77. The van der Waals surface area contributed by atoms with Crippen LogP contribution in [0.25, 0.3) is 0 Å². The maximum Gasteiger partial charge on any atom is 0.183 e. The number of hydrogen-bond acceptors (Lipinski definition) is 2. The third kappa shape index (κ3) is 7.68. The Labute approximate surface area is 186 Å². The molecule has 1 aromatic carbocycles. The van der Waals surface area contributed by atoms with Gasteiger partial charge in [0.2, 0.25) is 0 Å². The van der Waals surface area contributed by atoms with Crippen molar-refractivity contribution in [2.75, 3.05) is 13.2 Å². The van der Waals surface area contributed by atoms with Gasteiger partial charge in [-0.1, -0.05) is 95.9 Å². The van der Waals surface area contributed by atoms with Crippen LogP contribution in [0.4, 0.5) is 0 Å². The molecule has 170 valence electrons. The van der Waals surface area contributed by atoms with Gasteiger partial charge in [0.1, 0.15) is 0 Å². The molecule has 1 saturated carbocycles. The summed E-state index contributed by atoms with van der Waals surface area (Å²) in [5, 5.41) is 0. The molecule has 1 aliphatic carbocycles. The van der Waals surface area contributed by atoms with Crippen LogP contribution in [0, 0.1) is 11.8 Å². The highest BCUT2D eigenvalue weighted by molar-refractivity contribution is 5.26. The summed E-state index contributed by atoms with van der Waals surface area (Å²) in [6.07, 6.45) is 19.1. The van der Waals surface area contributed by atoms with Gasteiger partial charge in [0.25, 0.3) is 0 Å². The Hall–Kier alpha value is -0.860. The Kier molecular flexibility index (Phi) is 10.7. The van der Waals surface area contributed by atoms with E-state index in [1.165, 1.54) is 101 Å². The van der Waals surface area contributed by atoms with Crippen LogP contribution in [-0.2, 0) is 9.47 Å². The standard InChI is InChI=1S/C28H46O2/c1-3-5-7-8-10-11-23-13-15-25(16-14-23)26-17-19-27(20-18-26)28-29-21-24(22-30-28)12-9-6-4-2/h17-20,23-25,28H,3-16,21-22H2,1-2H3. The monoisotopic (exact) mass is 414 g/mol. The Morgan fingerprint density at radius 3 is 1.83 bits per heavy atom. The molecule has 0 amide bonds. The topological polar surface area (TPSA) is 18.5 Å². The average Bonchev–Trinajstić information content (AvgIpc) is 2.80. The smallest absolute Gasteiger partial charge is 0.183 e. The van der Waals surface area contributed by atoms with Gasteiger partial charge < -0.3 is 9.47 Å². The zero-order chi connectivity index (χ0) is 21.0. The lowest BCUT2D eigenvalue weighted by molar-refractivity contribution is -0.206. The maximum absolute atomic E-state index is 6.05. The molecule has 0 spiro atoms. The van der Waals surface area contributed by atoms with Gasteiger partial charge in [-0.15, -0.1) is 0 Å². The molecular weight excluding hydrogens is 368 g/mol. The Balaban J connectivity index is 1.36. The summed E-state index contributed by atoms with van der Waals surface area (Å²) in [4.78, 5) is 0. The highest BCUT2D eigenvalue weighted by Gasteiger charge is 2.25. The quantitative estimate of drug-likeness (QED) is 0.319. The summed E-state index contributed by atoms with van der Waals surface area (Å²) in [5.41, 5.74) is 2.71. The number of rotatable bonds is 12. The predicted molar refractivity (Wildman–Crippen MR) is 127 cm³/mol. The van der Waals surface area contributed by atoms with E-state index in [-0.39, 0.29) is 6.29 Å². The van der Waals surface area contributed by atoms with Gasteiger partial charge >= 0.3 is 0 Å². The van der Waals surface area contributed by atoms with Crippen LogP contribution in [0.2, 0.25) is 0 Å². The van der Waals surface area contributed by atoms with Crippen LogP contribution in [0.3, 0.4) is 0 Å². The normalized spacial score (nSPS) is 27.3. The van der Waals surface area contributed by atoms with Gasteiger partial charge in [-0.25, -0.2) is 0 Å². The first-order chi connectivity index (χ1) is 14.8. The average molecular weight is 415 g/mol. The Morgan fingerprint density at radius 2 is 1.17 bits per heavy atom. The van der Waals surface area contributed by atoms with Crippen LogP contribution in [0.1, 0.15) is 127 Å². The lowest BCUT2D eigenvalue weighted by Gasteiger charge is -2.31. The largest absolute Gasteiger partial charge is 0.348 e. The Morgan fingerprint density at radius 1 is 0.633 bits per heavy atom. The first kappa shape index (κ1) is 23.8. The second-order valence-electron chi connectivity index (χ2n) is 9.95. The van der Waals surface area contributed by atoms with Crippen molar-refractivity contribution in [1.29, 1.82) is 0 Å². The first-order valence-corrected chi connectivity index (χ1v) is 13.1. The SMILES string of the molecule is CCCCCCCC1CCC(c2ccc(C3OCC(CCCCC)CO3)cc2)CC1. The Bertz CT molecular complexity index is 551. The van der Waals surface area contributed by atoms with Crippen molar-refractivity contribution in [3.8, 4) is 0 Å². The fourth-order valence-electron chi connectivity index (χ4n) is 5.33. The van der Waals surface area contributed by atoms with Crippen molar-refractivity contribution in [2.45, 2.75) is 116 Å². The minimum absolute atomic E-state index is 0.162. The van der Waals surface area contributed by atoms with Gasteiger partial charge in [-0.05, 0) is 49.5 Å². The van der Waals surface area contributed by atoms with Gasteiger partial charge in [-0.3, -0.25) is 0 Å². The van der Waals surface area contributed by atoms with Crippen molar-refractivity contribution < 1.29 is 9.47 Å². The van der Waals surface area contributed by atoms with E-state index in [4.69, 9.17) is 9.47 Å². The summed E-state index contributed by atoms with van der Waals surface area (Å²) < 4.78 is 12.1. The van der Waals surface area contributed by atoms with Crippen LogP contribution in [0.5, 0.6) is 0 Å². The molecule has 0 unspecified atom stereocenters. The van der Waals surface area contributed by atoms with Crippen molar-refractivity contribution in [3.63, 3.8) is 0 Å². The zero-order valence-electron chi connectivity index (χ0n) is 19.7. The van der Waals surface area contributed by atoms with E-state index in [0.29, 0.717) is 5.92 Å². The summed E-state index contributed by atoms with van der Waals surface area (Å²) >= 11 is 0. The second-order valence-corrected chi connectivity index (χ2v) is 9.95. The molecule has 2 fully saturated rings. The third-order valence-corrected chi connectivity index (χ3v) is 7.43. The summed E-state index contributed by atoms with van der Waals surface area (Å²) in [5.74, 6) is 2.32. The molecule has 0 radical (unpaired) electrons.